The average Bonchev–Trinajstić information content (AvgIpc) is 3.48. The Labute approximate surface area is 180 Å². The zero-order valence-corrected chi connectivity index (χ0v) is 17.6. The van der Waals surface area contributed by atoms with Crippen molar-refractivity contribution in [3.63, 3.8) is 0 Å². The Hall–Kier alpha value is -2.96. The maximum absolute atomic E-state index is 12.6. The number of benzene rings is 2. The molecular formula is C24H26N3O2S+. The van der Waals surface area contributed by atoms with Gasteiger partial charge in [-0.25, -0.2) is 0 Å². The third kappa shape index (κ3) is 5.14. The van der Waals surface area contributed by atoms with E-state index in [9.17, 15) is 9.59 Å². The van der Waals surface area contributed by atoms with Gasteiger partial charge in [-0.05, 0) is 41.3 Å². The van der Waals surface area contributed by atoms with E-state index in [0.29, 0.717) is 22.7 Å². The van der Waals surface area contributed by atoms with Crippen LogP contribution in [0.5, 0.6) is 0 Å². The summed E-state index contributed by atoms with van der Waals surface area (Å²) >= 11 is 1.40. The van der Waals surface area contributed by atoms with Crippen molar-refractivity contribution in [1.29, 1.82) is 0 Å². The van der Waals surface area contributed by atoms with Gasteiger partial charge < -0.3 is 15.5 Å². The number of likely N-dealkylation sites (tertiary alicyclic amines) is 1. The molecule has 1 saturated heterocycles. The van der Waals surface area contributed by atoms with E-state index in [4.69, 9.17) is 0 Å². The van der Waals surface area contributed by atoms with Gasteiger partial charge in [-0.15, -0.1) is 11.3 Å². The highest BCUT2D eigenvalue weighted by Crippen LogP contribution is 2.15. The lowest BCUT2D eigenvalue weighted by Crippen LogP contribution is -3.08. The van der Waals surface area contributed by atoms with E-state index in [2.05, 4.69) is 28.8 Å². The highest BCUT2D eigenvalue weighted by molar-refractivity contribution is 7.12. The SMILES string of the molecule is O=C(NCc1ccccc1C[NH+]1CCCC1)c1ccc(NC(=O)c2cccs2)cc1. The van der Waals surface area contributed by atoms with Gasteiger partial charge in [-0.1, -0.05) is 30.3 Å². The van der Waals surface area contributed by atoms with Crippen molar-refractivity contribution < 1.29 is 14.5 Å². The Bertz CT molecular complexity index is 994. The van der Waals surface area contributed by atoms with Gasteiger partial charge in [0.05, 0.1) is 18.0 Å². The van der Waals surface area contributed by atoms with Gasteiger partial charge >= 0.3 is 0 Å². The fourth-order valence-electron chi connectivity index (χ4n) is 3.81. The molecule has 4 rings (SSSR count). The third-order valence-electron chi connectivity index (χ3n) is 5.46. The lowest BCUT2D eigenvalue weighted by molar-refractivity contribution is -0.901. The first kappa shape index (κ1) is 20.3. The van der Waals surface area contributed by atoms with E-state index < -0.39 is 0 Å². The van der Waals surface area contributed by atoms with Crippen molar-refractivity contribution in [2.24, 2.45) is 0 Å². The number of carbonyl (C=O) groups is 2. The van der Waals surface area contributed by atoms with Crippen molar-refractivity contribution in [3.05, 3.63) is 87.6 Å². The van der Waals surface area contributed by atoms with Gasteiger partial charge in [0.2, 0.25) is 0 Å². The molecule has 0 spiro atoms. The van der Waals surface area contributed by atoms with Crippen LogP contribution in [0.3, 0.4) is 0 Å². The van der Waals surface area contributed by atoms with Crippen LogP contribution in [-0.4, -0.2) is 24.9 Å². The maximum Gasteiger partial charge on any atom is 0.265 e. The first-order valence-corrected chi connectivity index (χ1v) is 11.2. The van der Waals surface area contributed by atoms with Crippen LogP contribution in [0, 0.1) is 0 Å². The first-order valence-electron chi connectivity index (χ1n) is 10.3. The number of anilines is 1. The zero-order valence-electron chi connectivity index (χ0n) is 16.8. The third-order valence-corrected chi connectivity index (χ3v) is 6.33. The number of hydrogen-bond acceptors (Lipinski definition) is 3. The Kier molecular flexibility index (Phi) is 6.57. The Balaban J connectivity index is 1.34. The molecule has 30 heavy (non-hydrogen) atoms. The van der Waals surface area contributed by atoms with Crippen molar-refractivity contribution in [2.75, 3.05) is 18.4 Å². The number of nitrogens with one attached hydrogen (secondary N) is 3. The minimum absolute atomic E-state index is 0.116. The van der Waals surface area contributed by atoms with E-state index in [1.165, 1.54) is 48.4 Å². The van der Waals surface area contributed by atoms with Crippen molar-refractivity contribution >= 4 is 28.8 Å². The maximum atomic E-state index is 12.6. The fraction of sp³-hybridized carbons (Fsp3) is 0.250. The topological polar surface area (TPSA) is 62.6 Å². The van der Waals surface area contributed by atoms with Gasteiger partial charge in [0.25, 0.3) is 11.8 Å². The van der Waals surface area contributed by atoms with Crippen LogP contribution in [0.15, 0.2) is 66.0 Å². The predicted octanol–water partition coefficient (Wildman–Crippen LogP) is 3.11. The summed E-state index contributed by atoms with van der Waals surface area (Å²) < 4.78 is 0. The fourth-order valence-corrected chi connectivity index (χ4v) is 4.43. The van der Waals surface area contributed by atoms with E-state index in [-0.39, 0.29) is 11.8 Å². The molecule has 0 saturated carbocycles. The summed E-state index contributed by atoms with van der Waals surface area (Å²) in [6.07, 6.45) is 2.61. The summed E-state index contributed by atoms with van der Waals surface area (Å²) in [5, 5.41) is 7.74. The molecule has 1 aromatic heterocycles. The highest BCUT2D eigenvalue weighted by atomic mass is 32.1. The smallest absolute Gasteiger partial charge is 0.265 e. The average molecular weight is 421 g/mol. The molecule has 0 radical (unpaired) electrons. The van der Waals surface area contributed by atoms with Crippen molar-refractivity contribution in [3.8, 4) is 0 Å². The summed E-state index contributed by atoms with van der Waals surface area (Å²) in [5.74, 6) is -0.256. The second-order valence-corrected chi connectivity index (χ2v) is 8.54. The molecule has 154 valence electrons. The largest absolute Gasteiger partial charge is 0.348 e. The lowest BCUT2D eigenvalue weighted by atomic mass is 10.1. The van der Waals surface area contributed by atoms with Crippen LogP contribution in [0.2, 0.25) is 0 Å². The molecule has 0 bridgehead atoms. The van der Waals surface area contributed by atoms with Crippen LogP contribution in [0.4, 0.5) is 5.69 Å². The minimum atomic E-state index is -0.140. The zero-order chi connectivity index (χ0) is 20.8. The molecule has 2 amide bonds. The van der Waals surface area contributed by atoms with Gasteiger partial charge in [-0.3, -0.25) is 9.59 Å². The van der Waals surface area contributed by atoms with Crippen molar-refractivity contribution in [1.82, 2.24) is 5.32 Å². The van der Waals surface area contributed by atoms with E-state index >= 15 is 0 Å². The van der Waals surface area contributed by atoms with Crippen LogP contribution in [-0.2, 0) is 13.1 Å². The molecule has 3 aromatic rings. The minimum Gasteiger partial charge on any atom is -0.348 e. The molecule has 0 unspecified atom stereocenters. The molecule has 0 aliphatic carbocycles. The standard InChI is InChI=1S/C24H25N3O2S/c28-23(18-9-11-21(12-10-18)26-24(29)22-8-5-15-30-22)25-16-19-6-1-2-7-20(19)17-27-13-3-4-14-27/h1-2,5-12,15H,3-4,13-14,16-17H2,(H,25,28)(H,26,29)/p+1. The van der Waals surface area contributed by atoms with E-state index in [1.807, 2.05) is 17.5 Å². The second kappa shape index (κ2) is 9.69. The number of rotatable bonds is 7. The molecule has 2 heterocycles. The van der Waals surface area contributed by atoms with Gasteiger partial charge in [0.15, 0.2) is 0 Å². The highest BCUT2D eigenvalue weighted by Gasteiger charge is 2.17. The van der Waals surface area contributed by atoms with Gasteiger partial charge in [0.1, 0.15) is 6.54 Å². The van der Waals surface area contributed by atoms with E-state index in [1.54, 1.807) is 35.2 Å². The summed E-state index contributed by atoms with van der Waals surface area (Å²) in [5.41, 5.74) is 3.72. The molecule has 5 nitrogen and oxygen atoms in total. The summed E-state index contributed by atoms with van der Waals surface area (Å²) in [4.78, 5) is 27.0. The molecule has 2 aromatic carbocycles. The second-order valence-electron chi connectivity index (χ2n) is 7.59. The summed E-state index contributed by atoms with van der Waals surface area (Å²) in [7, 11) is 0. The molecule has 3 N–H and O–H groups in total. The van der Waals surface area contributed by atoms with Crippen LogP contribution in [0.25, 0.3) is 0 Å². The lowest BCUT2D eigenvalue weighted by Gasteiger charge is -2.15. The molecule has 1 fully saturated rings. The quantitative estimate of drug-likeness (QED) is 0.550. The van der Waals surface area contributed by atoms with Crippen molar-refractivity contribution in [2.45, 2.75) is 25.9 Å². The monoisotopic (exact) mass is 420 g/mol. The molecule has 0 atom stereocenters. The number of carbonyl (C=O) groups excluding carboxylic acids is 2. The molecular weight excluding hydrogens is 394 g/mol. The van der Waals surface area contributed by atoms with E-state index in [0.717, 1.165) is 6.54 Å². The first-order chi connectivity index (χ1) is 14.7. The summed E-state index contributed by atoms with van der Waals surface area (Å²) in [6.45, 7) is 4.00. The van der Waals surface area contributed by atoms with Crippen LogP contribution >= 0.6 is 11.3 Å². The number of hydrogen-bond donors (Lipinski definition) is 3. The Morgan fingerprint density at radius 3 is 2.30 bits per heavy atom. The Morgan fingerprint density at radius 2 is 1.60 bits per heavy atom. The predicted molar refractivity (Wildman–Crippen MR) is 120 cm³/mol. The number of thiophene rings is 1. The number of quaternary nitrogens is 1. The Morgan fingerprint density at radius 1 is 0.867 bits per heavy atom. The molecule has 1 aliphatic heterocycles. The van der Waals surface area contributed by atoms with Crippen LogP contribution < -0.4 is 15.5 Å². The summed E-state index contributed by atoms with van der Waals surface area (Å²) in [6, 6.07) is 19.0. The molecule has 6 heteroatoms. The van der Waals surface area contributed by atoms with Gasteiger partial charge in [-0.2, -0.15) is 0 Å². The van der Waals surface area contributed by atoms with Gasteiger partial charge in [0, 0.05) is 36.2 Å². The van der Waals surface area contributed by atoms with Crippen LogP contribution in [0.1, 0.15) is 44.0 Å². The normalized spacial score (nSPS) is 13.9. The molecule has 1 aliphatic rings. The number of amides is 2.